The number of nitrogens with zero attached hydrogens (tertiary/aromatic N) is 4. The van der Waals surface area contributed by atoms with Crippen molar-refractivity contribution in [2.24, 2.45) is 0 Å². The molecule has 1 aliphatic heterocycles. The number of hydrogen-bond acceptors (Lipinski definition) is 8. The van der Waals surface area contributed by atoms with E-state index < -0.39 is 11.7 Å². The molecule has 0 saturated heterocycles. The van der Waals surface area contributed by atoms with Gasteiger partial charge in [-0.1, -0.05) is 0 Å². The molecule has 1 aliphatic rings. The molecule has 0 spiro atoms. The van der Waals surface area contributed by atoms with Gasteiger partial charge in [0.2, 0.25) is 5.65 Å². The number of fused-ring (bicyclic) bond motifs is 4. The van der Waals surface area contributed by atoms with Crippen LogP contribution in [0.2, 0.25) is 0 Å². The third-order valence-corrected chi connectivity index (χ3v) is 4.71. The van der Waals surface area contributed by atoms with Crippen molar-refractivity contribution < 1.29 is 19.0 Å². The number of aryl methyl sites for hydroxylation is 1. The Morgan fingerprint density at radius 1 is 1.13 bits per heavy atom. The highest BCUT2D eigenvalue weighted by atomic mass is 16.6. The second-order valence-corrected chi connectivity index (χ2v) is 8.41. The number of unbranched alkanes of at least 4 members (excludes halogenated alkanes) is 1. The Hall–Kier alpha value is -3.30. The number of alkyl carbamates (subject to hydrolysis) is 1. The Morgan fingerprint density at radius 2 is 1.84 bits per heavy atom. The Bertz CT molecular complexity index is 1100. The molecule has 1 aromatic carbocycles. The summed E-state index contributed by atoms with van der Waals surface area (Å²) in [6, 6.07) is 3.81. The molecule has 0 unspecified atom stereocenters. The van der Waals surface area contributed by atoms with Gasteiger partial charge in [-0.05, 0) is 40.5 Å². The van der Waals surface area contributed by atoms with E-state index in [9.17, 15) is 4.79 Å². The van der Waals surface area contributed by atoms with Crippen molar-refractivity contribution in [3.63, 3.8) is 0 Å². The molecule has 3 heterocycles. The molecule has 1 amide bonds. The number of benzene rings is 1. The van der Waals surface area contributed by atoms with E-state index in [-0.39, 0.29) is 0 Å². The molecule has 10 nitrogen and oxygen atoms in total. The van der Waals surface area contributed by atoms with Crippen molar-refractivity contribution >= 4 is 28.6 Å². The third kappa shape index (κ3) is 4.73. The van der Waals surface area contributed by atoms with Gasteiger partial charge in [-0.15, -0.1) is 10.2 Å². The van der Waals surface area contributed by atoms with Crippen LogP contribution in [0.15, 0.2) is 12.1 Å². The molecular formula is C21H28N6O4. The highest BCUT2D eigenvalue weighted by Crippen LogP contribution is 2.35. The van der Waals surface area contributed by atoms with Crippen LogP contribution in [-0.4, -0.2) is 57.6 Å². The molecule has 166 valence electrons. The minimum atomic E-state index is -0.494. The maximum Gasteiger partial charge on any atom is 0.407 e. The normalized spacial score (nSPS) is 13.4. The number of carbonyl (C=O) groups is 1. The first-order valence-corrected chi connectivity index (χ1v) is 10.5. The van der Waals surface area contributed by atoms with Gasteiger partial charge in [-0.3, -0.25) is 4.40 Å². The molecule has 0 aliphatic carbocycles. The first-order chi connectivity index (χ1) is 14.8. The highest BCUT2D eigenvalue weighted by molar-refractivity contribution is 5.86. The zero-order valence-electron chi connectivity index (χ0n) is 18.3. The maximum atomic E-state index is 11.7. The second-order valence-electron chi connectivity index (χ2n) is 8.41. The van der Waals surface area contributed by atoms with E-state index in [4.69, 9.17) is 19.2 Å². The molecule has 4 rings (SSSR count). The van der Waals surface area contributed by atoms with Crippen molar-refractivity contribution in [2.75, 3.05) is 31.6 Å². The Morgan fingerprint density at radius 3 is 2.58 bits per heavy atom. The van der Waals surface area contributed by atoms with Gasteiger partial charge < -0.3 is 24.8 Å². The van der Waals surface area contributed by atoms with Gasteiger partial charge in [0.15, 0.2) is 17.3 Å². The minimum Gasteiger partial charge on any atom is -0.486 e. The first kappa shape index (κ1) is 21.0. The average molecular weight is 428 g/mol. The van der Waals surface area contributed by atoms with Gasteiger partial charge in [0.05, 0.1) is 11.0 Å². The van der Waals surface area contributed by atoms with Gasteiger partial charge in [-0.25, -0.2) is 9.78 Å². The minimum absolute atomic E-state index is 0.396. The summed E-state index contributed by atoms with van der Waals surface area (Å²) in [5.41, 5.74) is 1.81. The fourth-order valence-electron chi connectivity index (χ4n) is 3.39. The highest BCUT2D eigenvalue weighted by Gasteiger charge is 2.19. The summed E-state index contributed by atoms with van der Waals surface area (Å²) in [5, 5.41) is 14.6. The van der Waals surface area contributed by atoms with E-state index in [2.05, 4.69) is 20.8 Å². The molecule has 0 radical (unpaired) electrons. The zero-order valence-corrected chi connectivity index (χ0v) is 18.3. The zero-order chi connectivity index (χ0) is 22.0. The molecular weight excluding hydrogens is 400 g/mol. The van der Waals surface area contributed by atoms with Gasteiger partial charge in [0.1, 0.15) is 24.6 Å². The second kappa shape index (κ2) is 8.44. The summed E-state index contributed by atoms with van der Waals surface area (Å²) in [6.07, 6.45) is 1.25. The van der Waals surface area contributed by atoms with Gasteiger partial charge in [-0.2, -0.15) is 0 Å². The molecule has 0 bridgehead atoms. The van der Waals surface area contributed by atoms with Crippen molar-refractivity contribution in [3.8, 4) is 11.5 Å². The summed E-state index contributed by atoms with van der Waals surface area (Å²) >= 11 is 0. The first-order valence-electron chi connectivity index (χ1n) is 10.5. The van der Waals surface area contributed by atoms with Crippen LogP contribution >= 0.6 is 0 Å². The van der Waals surface area contributed by atoms with Crippen LogP contribution in [0.1, 0.15) is 39.4 Å². The monoisotopic (exact) mass is 428 g/mol. The topological polar surface area (TPSA) is 112 Å². The smallest absolute Gasteiger partial charge is 0.407 e. The molecule has 2 N–H and O–H groups in total. The standard InChI is InChI=1S/C21H28N6O4/c1-13-25-26-19-18(22-7-5-6-8-23-20(28)31-21(2,3)4)24-14-11-16-17(30-10-9-29-16)12-15(14)27(13)19/h11-12H,5-10H2,1-4H3,(H,22,24)(H,23,28). The SMILES string of the molecule is Cc1nnc2c(NCCCCNC(=O)OC(C)(C)C)nc3cc4c(cc3n12)OCCO4. The van der Waals surface area contributed by atoms with E-state index in [1.54, 1.807) is 0 Å². The number of ether oxygens (including phenoxy) is 3. The number of carbonyl (C=O) groups excluding carboxylic acids is 1. The number of rotatable bonds is 6. The lowest BCUT2D eigenvalue weighted by molar-refractivity contribution is 0.0527. The van der Waals surface area contributed by atoms with E-state index in [0.717, 1.165) is 29.7 Å². The van der Waals surface area contributed by atoms with Crippen LogP contribution in [0.25, 0.3) is 16.7 Å². The molecule has 3 aromatic rings. The summed E-state index contributed by atoms with van der Waals surface area (Å²) in [4.78, 5) is 16.4. The predicted octanol–water partition coefficient (Wildman–Crippen LogP) is 3.07. The van der Waals surface area contributed by atoms with E-state index in [1.165, 1.54) is 0 Å². The Balaban J connectivity index is 1.42. The Kier molecular flexibility index (Phi) is 5.71. The quantitative estimate of drug-likeness (QED) is 0.576. The molecule has 0 saturated carbocycles. The summed E-state index contributed by atoms with van der Waals surface area (Å²) in [7, 11) is 0. The molecule has 0 atom stereocenters. The third-order valence-electron chi connectivity index (χ3n) is 4.71. The van der Waals surface area contributed by atoms with Crippen LogP contribution in [0.3, 0.4) is 0 Å². The summed E-state index contributed by atoms with van der Waals surface area (Å²) < 4.78 is 18.6. The lowest BCUT2D eigenvalue weighted by Gasteiger charge is -2.19. The number of hydrogen-bond donors (Lipinski definition) is 2. The van der Waals surface area contributed by atoms with Gasteiger partial charge >= 0.3 is 6.09 Å². The predicted molar refractivity (Wildman–Crippen MR) is 116 cm³/mol. The van der Waals surface area contributed by atoms with Crippen molar-refractivity contribution in [2.45, 2.75) is 46.1 Å². The number of aromatic nitrogens is 4. The molecule has 10 heteroatoms. The van der Waals surface area contributed by atoms with Crippen molar-refractivity contribution in [1.82, 2.24) is 24.9 Å². The number of amides is 1. The summed E-state index contributed by atoms with van der Waals surface area (Å²) in [6.45, 7) is 9.71. The number of anilines is 1. The van der Waals surface area contributed by atoms with Crippen LogP contribution in [0, 0.1) is 6.92 Å². The summed E-state index contributed by atoms with van der Waals surface area (Å²) in [5.74, 6) is 2.82. The largest absolute Gasteiger partial charge is 0.486 e. The van der Waals surface area contributed by atoms with Crippen LogP contribution < -0.4 is 20.1 Å². The van der Waals surface area contributed by atoms with Crippen molar-refractivity contribution in [1.29, 1.82) is 0 Å². The van der Waals surface area contributed by atoms with Crippen LogP contribution in [-0.2, 0) is 4.74 Å². The van der Waals surface area contributed by atoms with E-state index in [1.807, 2.05) is 44.2 Å². The number of nitrogens with one attached hydrogen (secondary N) is 2. The lowest BCUT2D eigenvalue weighted by atomic mass is 10.2. The Labute approximate surface area is 180 Å². The van der Waals surface area contributed by atoms with Gasteiger partial charge in [0, 0.05) is 25.2 Å². The van der Waals surface area contributed by atoms with Crippen LogP contribution in [0.5, 0.6) is 11.5 Å². The molecule has 2 aromatic heterocycles. The molecule has 0 fully saturated rings. The average Bonchev–Trinajstić information content (AvgIpc) is 3.10. The molecule has 31 heavy (non-hydrogen) atoms. The fourth-order valence-corrected chi connectivity index (χ4v) is 3.39. The van der Waals surface area contributed by atoms with E-state index in [0.29, 0.717) is 49.3 Å². The fraction of sp³-hybridized carbons (Fsp3) is 0.524. The van der Waals surface area contributed by atoms with Gasteiger partial charge in [0.25, 0.3) is 0 Å². The van der Waals surface area contributed by atoms with Crippen LogP contribution in [0.4, 0.5) is 10.6 Å². The maximum absolute atomic E-state index is 11.7. The lowest BCUT2D eigenvalue weighted by Crippen LogP contribution is -2.33. The van der Waals surface area contributed by atoms with E-state index >= 15 is 0 Å². The van der Waals surface area contributed by atoms with Crippen molar-refractivity contribution in [3.05, 3.63) is 18.0 Å².